The van der Waals surface area contributed by atoms with Gasteiger partial charge in [0.2, 0.25) is 0 Å². The van der Waals surface area contributed by atoms with Crippen LogP contribution in [0, 0.1) is 16.3 Å². The summed E-state index contributed by atoms with van der Waals surface area (Å²) in [5, 5.41) is 0. The summed E-state index contributed by atoms with van der Waals surface area (Å²) in [6.45, 7) is 2.35. The summed E-state index contributed by atoms with van der Waals surface area (Å²) in [6.07, 6.45) is 0. The average molecular weight is 265 g/mol. The summed E-state index contributed by atoms with van der Waals surface area (Å²) in [5.74, 6) is -0.208. The lowest BCUT2D eigenvalue weighted by Gasteiger charge is -2.04. The zero-order valence-corrected chi connectivity index (χ0v) is 8.35. The van der Waals surface area contributed by atoms with E-state index >= 15 is 0 Å². The topological polar surface area (TPSA) is 26.0 Å². The molecule has 60 valence electrons. The van der Waals surface area contributed by atoms with Crippen LogP contribution in [0.5, 0.6) is 0 Å². The molecule has 0 aliphatic rings. The molecule has 11 heavy (non-hydrogen) atoms. The van der Waals surface area contributed by atoms with Gasteiger partial charge in [-0.1, -0.05) is 0 Å². The van der Waals surface area contributed by atoms with E-state index < -0.39 is 0 Å². The molecule has 2 N–H and O–H groups in total. The maximum absolute atomic E-state index is 12.7. The number of nitrogens with two attached hydrogens (primary N) is 1. The SMILES string of the molecule is Cc1c(I)cc(F)cc1CN. The predicted molar refractivity (Wildman–Crippen MR) is 51.7 cm³/mol. The lowest BCUT2D eigenvalue weighted by Crippen LogP contribution is -2.01. The molecule has 0 atom stereocenters. The highest BCUT2D eigenvalue weighted by molar-refractivity contribution is 14.1. The summed E-state index contributed by atoms with van der Waals surface area (Å²) in [6, 6.07) is 2.99. The molecule has 1 rings (SSSR count). The zero-order valence-electron chi connectivity index (χ0n) is 6.20. The van der Waals surface area contributed by atoms with Crippen molar-refractivity contribution in [2.45, 2.75) is 13.5 Å². The van der Waals surface area contributed by atoms with E-state index in [0.29, 0.717) is 6.54 Å². The maximum atomic E-state index is 12.7. The molecule has 0 heterocycles. The van der Waals surface area contributed by atoms with Gasteiger partial charge in [-0.05, 0) is 52.8 Å². The van der Waals surface area contributed by atoms with Crippen molar-refractivity contribution in [2.75, 3.05) is 0 Å². The summed E-state index contributed by atoms with van der Waals surface area (Å²) in [4.78, 5) is 0. The van der Waals surface area contributed by atoms with E-state index in [1.165, 1.54) is 12.1 Å². The van der Waals surface area contributed by atoms with Crippen LogP contribution in [0.2, 0.25) is 0 Å². The molecule has 1 aromatic carbocycles. The summed E-state index contributed by atoms with van der Waals surface area (Å²) in [5.41, 5.74) is 7.38. The molecule has 0 fully saturated rings. The smallest absolute Gasteiger partial charge is 0.124 e. The first kappa shape index (κ1) is 8.93. The Labute approximate surface area is 78.9 Å². The summed E-state index contributed by atoms with van der Waals surface area (Å²) < 4.78 is 13.7. The van der Waals surface area contributed by atoms with E-state index in [1.807, 2.05) is 6.92 Å². The summed E-state index contributed by atoms with van der Waals surface area (Å²) >= 11 is 2.10. The van der Waals surface area contributed by atoms with Gasteiger partial charge in [0.25, 0.3) is 0 Å². The molecule has 1 aromatic rings. The van der Waals surface area contributed by atoms with Gasteiger partial charge in [-0.15, -0.1) is 0 Å². The van der Waals surface area contributed by atoms with Crippen molar-refractivity contribution in [1.82, 2.24) is 0 Å². The van der Waals surface area contributed by atoms with Crippen molar-refractivity contribution in [1.29, 1.82) is 0 Å². The van der Waals surface area contributed by atoms with E-state index in [9.17, 15) is 4.39 Å². The van der Waals surface area contributed by atoms with Gasteiger partial charge in [0.05, 0.1) is 0 Å². The minimum Gasteiger partial charge on any atom is -0.326 e. The van der Waals surface area contributed by atoms with Gasteiger partial charge in [0.1, 0.15) is 5.82 Å². The number of halogens is 2. The first-order chi connectivity index (χ1) is 5.15. The second-order valence-corrected chi connectivity index (χ2v) is 3.54. The van der Waals surface area contributed by atoms with Crippen molar-refractivity contribution in [2.24, 2.45) is 5.73 Å². The van der Waals surface area contributed by atoms with Crippen LogP contribution in [0.3, 0.4) is 0 Å². The number of benzene rings is 1. The van der Waals surface area contributed by atoms with Gasteiger partial charge < -0.3 is 5.73 Å². The highest BCUT2D eigenvalue weighted by Crippen LogP contribution is 2.17. The molecule has 0 radical (unpaired) electrons. The average Bonchev–Trinajstić information content (AvgIpc) is 1.96. The van der Waals surface area contributed by atoms with Crippen molar-refractivity contribution in [3.05, 3.63) is 32.6 Å². The number of hydrogen-bond donors (Lipinski definition) is 1. The summed E-state index contributed by atoms with van der Waals surface area (Å²) in [7, 11) is 0. The van der Waals surface area contributed by atoms with Gasteiger partial charge in [-0.2, -0.15) is 0 Å². The minimum absolute atomic E-state index is 0.208. The second-order valence-electron chi connectivity index (χ2n) is 2.38. The zero-order chi connectivity index (χ0) is 8.43. The first-order valence-electron chi connectivity index (χ1n) is 3.29. The molecule has 0 saturated carbocycles. The Kier molecular flexibility index (Phi) is 2.84. The number of rotatable bonds is 1. The molecule has 3 heteroatoms. The van der Waals surface area contributed by atoms with Crippen molar-refractivity contribution in [3.8, 4) is 0 Å². The normalized spacial score (nSPS) is 10.2. The lowest BCUT2D eigenvalue weighted by molar-refractivity contribution is 0.623. The Morgan fingerprint density at radius 3 is 2.73 bits per heavy atom. The maximum Gasteiger partial charge on any atom is 0.124 e. The van der Waals surface area contributed by atoms with Gasteiger partial charge in [0, 0.05) is 10.1 Å². The third-order valence-corrected chi connectivity index (χ3v) is 2.76. The van der Waals surface area contributed by atoms with Crippen molar-refractivity contribution < 1.29 is 4.39 Å². The molecule has 0 saturated heterocycles. The fourth-order valence-electron chi connectivity index (χ4n) is 0.911. The van der Waals surface area contributed by atoms with Crippen LogP contribution < -0.4 is 5.73 Å². The van der Waals surface area contributed by atoms with E-state index in [2.05, 4.69) is 22.6 Å². The Bertz CT molecular complexity index is 273. The van der Waals surface area contributed by atoms with Crippen LogP contribution in [0.15, 0.2) is 12.1 Å². The Morgan fingerprint density at radius 2 is 2.18 bits per heavy atom. The molecule has 0 aliphatic heterocycles. The van der Waals surface area contributed by atoms with Gasteiger partial charge >= 0.3 is 0 Å². The molecule has 0 spiro atoms. The van der Waals surface area contributed by atoms with Crippen LogP contribution in [-0.2, 0) is 6.54 Å². The molecule has 0 bridgehead atoms. The largest absolute Gasteiger partial charge is 0.326 e. The highest BCUT2D eigenvalue weighted by Gasteiger charge is 2.02. The Balaban J connectivity index is 3.24. The fraction of sp³-hybridized carbons (Fsp3) is 0.250. The van der Waals surface area contributed by atoms with Crippen LogP contribution in [0.1, 0.15) is 11.1 Å². The molecule has 0 aliphatic carbocycles. The van der Waals surface area contributed by atoms with Gasteiger partial charge in [-0.25, -0.2) is 4.39 Å². The molecule has 1 nitrogen and oxygen atoms in total. The van der Waals surface area contributed by atoms with Gasteiger partial charge in [-0.3, -0.25) is 0 Å². The Morgan fingerprint density at radius 1 is 1.55 bits per heavy atom. The van der Waals surface area contributed by atoms with E-state index in [0.717, 1.165) is 14.7 Å². The van der Waals surface area contributed by atoms with E-state index in [-0.39, 0.29) is 5.82 Å². The standard InChI is InChI=1S/C8H9FIN/c1-5-6(4-11)2-7(9)3-8(5)10/h2-3H,4,11H2,1H3. The molecule has 0 amide bonds. The predicted octanol–water partition coefficient (Wildman–Crippen LogP) is 2.20. The van der Waals surface area contributed by atoms with Crippen LogP contribution in [0.4, 0.5) is 4.39 Å². The molecule has 0 unspecified atom stereocenters. The highest BCUT2D eigenvalue weighted by atomic mass is 127. The fourth-order valence-corrected chi connectivity index (χ4v) is 1.55. The third-order valence-electron chi connectivity index (χ3n) is 1.64. The number of hydrogen-bond acceptors (Lipinski definition) is 1. The van der Waals surface area contributed by atoms with E-state index in [4.69, 9.17) is 5.73 Å². The monoisotopic (exact) mass is 265 g/mol. The second kappa shape index (κ2) is 3.49. The van der Waals surface area contributed by atoms with Crippen molar-refractivity contribution >= 4 is 22.6 Å². The Hall–Kier alpha value is -0.160. The molecular weight excluding hydrogens is 256 g/mol. The molecule has 0 aromatic heterocycles. The first-order valence-corrected chi connectivity index (χ1v) is 4.37. The molecular formula is C8H9FIN. The van der Waals surface area contributed by atoms with Gasteiger partial charge in [0.15, 0.2) is 0 Å². The minimum atomic E-state index is -0.208. The van der Waals surface area contributed by atoms with Crippen LogP contribution in [-0.4, -0.2) is 0 Å². The third kappa shape index (κ3) is 1.90. The van der Waals surface area contributed by atoms with Crippen molar-refractivity contribution in [3.63, 3.8) is 0 Å². The van der Waals surface area contributed by atoms with Crippen LogP contribution >= 0.6 is 22.6 Å². The van der Waals surface area contributed by atoms with Crippen LogP contribution in [0.25, 0.3) is 0 Å². The van der Waals surface area contributed by atoms with E-state index in [1.54, 1.807) is 0 Å². The quantitative estimate of drug-likeness (QED) is 0.774. The lowest BCUT2D eigenvalue weighted by atomic mass is 10.1.